The van der Waals surface area contributed by atoms with Crippen molar-refractivity contribution in [1.29, 1.82) is 0 Å². The Balaban J connectivity index is 2.53. The summed E-state index contributed by atoms with van der Waals surface area (Å²) in [6.07, 6.45) is 3.61. The molecule has 1 amide bonds. The molecule has 0 spiro atoms. The number of carbonyl (C=O) groups is 2. The van der Waals surface area contributed by atoms with Crippen molar-refractivity contribution in [3.8, 4) is 0 Å². The van der Waals surface area contributed by atoms with Crippen molar-refractivity contribution < 1.29 is 19.4 Å². The van der Waals surface area contributed by atoms with Crippen LogP contribution in [0.4, 0.5) is 0 Å². The van der Waals surface area contributed by atoms with Gasteiger partial charge in [0, 0.05) is 13.1 Å². The van der Waals surface area contributed by atoms with Gasteiger partial charge in [0.05, 0.1) is 0 Å². The molecule has 0 saturated carbocycles. The molecule has 110 valence electrons. The van der Waals surface area contributed by atoms with Gasteiger partial charge in [-0.2, -0.15) is 0 Å². The quantitative estimate of drug-likeness (QED) is 0.733. The van der Waals surface area contributed by atoms with Crippen LogP contribution in [-0.2, 0) is 14.3 Å². The number of hydrogen-bond donors (Lipinski definition) is 1. The summed E-state index contributed by atoms with van der Waals surface area (Å²) in [6, 6.07) is 0. The fourth-order valence-corrected chi connectivity index (χ4v) is 2.23. The van der Waals surface area contributed by atoms with Crippen LogP contribution in [0, 0.1) is 0 Å². The summed E-state index contributed by atoms with van der Waals surface area (Å²) in [5.74, 6) is -1.00. The molecule has 1 heterocycles. The average Bonchev–Trinajstić information content (AvgIpc) is 2.88. The van der Waals surface area contributed by atoms with Crippen molar-refractivity contribution in [3.05, 3.63) is 0 Å². The van der Waals surface area contributed by atoms with Crippen LogP contribution in [0.2, 0.25) is 0 Å². The molecule has 0 radical (unpaired) electrons. The predicted octanol–water partition coefficient (Wildman–Crippen LogP) is 2.05. The summed E-state index contributed by atoms with van der Waals surface area (Å²) in [4.78, 5) is 25.0. The van der Waals surface area contributed by atoms with E-state index in [1.807, 2.05) is 4.90 Å². The lowest BCUT2D eigenvalue weighted by Gasteiger charge is -2.25. The Labute approximate surface area is 114 Å². The second kappa shape index (κ2) is 8.15. The molecule has 1 rings (SSSR count). The Hall–Kier alpha value is -1.10. The van der Waals surface area contributed by atoms with E-state index in [1.165, 1.54) is 0 Å². The largest absolute Gasteiger partial charge is 0.479 e. The lowest BCUT2D eigenvalue weighted by Crippen LogP contribution is -2.40. The fourth-order valence-electron chi connectivity index (χ4n) is 2.23. The molecule has 5 heteroatoms. The Morgan fingerprint density at radius 1 is 1.11 bits per heavy atom. The van der Waals surface area contributed by atoms with Gasteiger partial charge in [0.25, 0.3) is 5.91 Å². The number of nitrogens with zero attached hydrogens (tertiary/aromatic N) is 1. The van der Waals surface area contributed by atoms with Crippen LogP contribution in [0.25, 0.3) is 0 Å². The van der Waals surface area contributed by atoms with E-state index in [4.69, 9.17) is 9.84 Å². The molecule has 1 aliphatic heterocycles. The Kier molecular flexibility index (Phi) is 6.84. The van der Waals surface area contributed by atoms with Gasteiger partial charge in [0.15, 0.2) is 6.10 Å². The van der Waals surface area contributed by atoms with Crippen molar-refractivity contribution in [2.75, 3.05) is 13.1 Å². The van der Waals surface area contributed by atoms with Gasteiger partial charge < -0.3 is 14.7 Å². The Bertz CT molecular complexity index is 298. The molecular weight excluding hydrogens is 246 g/mol. The molecule has 2 atom stereocenters. The van der Waals surface area contributed by atoms with Gasteiger partial charge >= 0.3 is 5.97 Å². The Morgan fingerprint density at radius 3 is 2.05 bits per heavy atom. The van der Waals surface area contributed by atoms with E-state index in [2.05, 4.69) is 13.8 Å². The maximum absolute atomic E-state index is 12.3. The highest BCUT2D eigenvalue weighted by Crippen LogP contribution is 2.22. The molecular formula is C14H25NO4. The number of rotatable bonds is 8. The van der Waals surface area contributed by atoms with Crippen LogP contribution in [0.15, 0.2) is 0 Å². The number of ether oxygens (including phenoxy) is 1. The van der Waals surface area contributed by atoms with E-state index < -0.39 is 18.2 Å². The average molecular weight is 271 g/mol. The smallest absolute Gasteiger partial charge is 0.332 e. The van der Waals surface area contributed by atoms with Gasteiger partial charge in [-0.25, -0.2) is 4.79 Å². The topological polar surface area (TPSA) is 66.8 Å². The van der Waals surface area contributed by atoms with E-state index in [9.17, 15) is 9.59 Å². The van der Waals surface area contributed by atoms with Gasteiger partial charge in [-0.1, -0.05) is 26.7 Å². The lowest BCUT2D eigenvalue weighted by atomic mass is 10.1. The van der Waals surface area contributed by atoms with Crippen LogP contribution in [-0.4, -0.2) is 47.2 Å². The molecule has 0 unspecified atom stereocenters. The second-order valence-electron chi connectivity index (χ2n) is 5.06. The van der Waals surface area contributed by atoms with Gasteiger partial charge in [0.1, 0.15) is 6.10 Å². The molecule has 5 nitrogen and oxygen atoms in total. The fraction of sp³-hybridized carbons (Fsp3) is 0.857. The Morgan fingerprint density at radius 2 is 1.63 bits per heavy atom. The number of unbranched alkanes of at least 4 members (excludes halogenated alkanes) is 2. The molecule has 0 aromatic heterocycles. The molecule has 19 heavy (non-hydrogen) atoms. The van der Waals surface area contributed by atoms with Crippen LogP contribution < -0.4 is 0 Å². The van der Waals surface area contributed by atoms with Crippen molar-refractivity contribution in [2.45, 2.75) is 64.6 Å². The molecule has 1 saturated heterocycles. The highest BCUT2D eigenvalue weighted by Gasteiger charge is 2.36. The van der Waals surface area contributed by atoms with Gasteiger partial charge in [-0.15, -0.1) is 0 Å². The predicted molar refractivity (Wildman–Crippen MR) is 71.9 cm³/mol. The van der Waals surface area contributed by atoms with Crippen molar-refractivity contribution >= 4 is 11.9 Å². The number of hydrogen-bond acceptors (Lipinski definition) is 3. The van der Waals surface area contributed by atoms with Crippen LogP contribution >= 0.6 is 0 Å². The number of carboxylic acids is 1. The lowest BCUT2D eigenvalue weighted by molar-refractivity contribution is -0.154. The normalized spacial score (nSPS) is 22.4. The molecule has 0 bridgehead atoms. The summed E-state index contributed by atoms with van der Waals surface area (Å²) in [7, 11) is 0. The van der Waals surface area contributed by atoms with E-state index in [0.29, 0.717) is 12.8 Å². The summed E-state index contributed by atoms with van der Waals surface area (Å²) in [6.45, 7) is 5.67. The molecule has 0 aromatic carbocycles. The summed E-state index contributed by atoms with van der Waals surface area (Å²) in [5, 5.41) is 8.88. The molecule has 0 aliphatic carbocycles. The zero-order chi connectivity index (χ0) is 14.3. The van der Waals surface area contributed by atoms with Crippen LogP contribution in [0.1, 0.15) is 52.4 Å². The number of aliphatic carboxylic acids is 1. The standard InChI is InChI=1S/C14H25NO4/c1-3-5-9-15(10-6-4-2)13(16)11-7-8-12(19-11)14(17)18/h11-12H,3-10H2,1-2H3,(H,17,18)/t11-,12+/m0/s1. The first-order valence-electron chi connectivity index (χ1n) is 7.27. The van der Waals surface area contributed by atoms with E-state index in [1.54, 1.807) is 0 Å². The van der Waals surface area contributed by atoms with Crippen molar-refractivity contribution in [3.63, 3.8) is 0 Å². The van der Waals surface area contributed by atoms with Crippen molar-refractivity contribution in [2.24, 2.45) is 0 Å². The van der Waals surface area contributed by atoms with Gasteiger partial charge in [0.2, 0.25) is 0 Å². The molecule has 1 fully saturated rings. The highest BCUT2D eigenvalue weighted by molar-refractivity contribution is 5.82. The van der Waals surface area contributed by atoms with Crippen molar-refractivity contribution in [1.82, 2.24) is 4.90 Å². The highest BCUT2D eigenvalue weighted by atomic mass is 16.5. The number of amides is 1. The van der Waals surface area contributed by atoms with Crippen LogP contribution in [0.5, 0.6) is 0 Å². The minimum atomic E-state index is -0.969. The zero-order valence-corrected chi connectivity index (χ0v) is 11.9. The minimum Gasteiger partial charge on any atom is -0.479 e. The second-order valence-corrected chi connectivity index (χ2v) is 5.06. The third kappa shape index (κ3) is 4.82. The van der Waals surface area contributed by atoms with Gasteiger partial charge in [-0.3, -0.25) is 4.79 Å². The summed E-state index contributed by atoms with van der Waals surface area (Å²) < 4.78 is 5.33. The third-order valence-corrected chi connectivity index (χ3v) is 3.45. The number of carboxylic acid groups (broad SMARTS) is 1. The van der Waals surface area contributed by atoms with Gasteiger partial charge in [-0.05, 0) is 25.7 Å². The maximum atomic E-state index is 12.3. The summed E-state index contributed by atoms with van der Waals surface area (Å²) in [5.41, 5.74) is 0. The van der Waals surface area contributed by atoms with E-state index >= 15 is 0 Å². The van der Waals surface area contributed by atoms with E-state index in [0.717, 1.165) is 38.8 Å². The molecule has 1 N–H and O–H groups in total. The molecule has 0 aromatic rings. The number of carbonyl (C=O) groups excluding carboxylic acids is 1. The molecule has 1 aliphatic rings. The summed E-state index contributed by atoms with van der Waals surface area (Å²) >= 11 is 0. The minimum absolute atomic E-state index is 0.0364. The zero-order valence-electron chi connectivity index (χ0n) is 11.9. The maximum Gasteiger partial charge on any atom is 0.332 e. The first-order chi connectivity index (χ1) is 9.10. The third-order valence-electron chi connectivity index (χ3n) is 3.45. The van der Waals surface area contributed by atoms with Crippen LogP contribution in [0.3, 0.4) is 0 Å². The monoisotopic (exact) mass is 271 g/mol. The first-order valence-corrected chi connectivity index (χ1v) is 7.27. The SMILES string of the molecule is CCCCN(CCCC)C(=O)[C@@H]1CC[C@H](C(=O)O)O1. The first kappa shape index (κ1) is 16.0. The van der Waals surface area contributed by atoms with E-state index in [-0.39, 0.29) is 5.91 Å².